The van der Waals surface area contributed by atoms with Gasteiger partial charge in [0.2, 0.25) is 5.43 Å². The Balaban J connectivity index is 1.72. The summed E-state index contributed by atoms with van der Waals surface area (Å²) in [5.74, 6) is -2.44. The standard InChI is InChI=1S/C23H17FN2O5/c1-31-23(30)12-2-3-13-9-25(10-14(13)6-12)20-8-19-16(7-18(20)24)21(27)17(22(28)29)11-26(19)15-4-5-15/h2-3,6-11,15H,4-5H2,1H3,(H,28,29). The molecule has 0 spiro atoms. The summed E-state index contributed by atoms with van der Waals surface area (Å²) in [6, 6.07) is 7.80. The largest absolute Gasteiger partial charge is 0.477 e. The first-order valence-electron chi connectivity index (χ1n) is 9.69. The highest BCUT2D eigenvalue weighted by Crippen LogP contribution is 2.37. The second kappa shape index (κ2) is 6.80. The number of rotatable bonds is 4. The minimum Gasteiger partial charge on any atom is -0.477 e. The number of hydrogen-bond acceptors (Lipinski definition) is 4. The number of carbonyl (C=O) groups excluding carboxylic acids is 1. The van der Waals surface area contributed by atoms with Crippen molar-refractivity contribution in [3.8, 4) is 5.69 Å². The summed E-state index contributed by atoms with van der Waals surface area (Å²) in [7, 11) is 1.30. The molecule has 5 rings (SSSR count). The lowest BCUT2D eigenvalue weighted by atomic mass is 10.1. The van der Waals surface area contributed by atoms with Crippen molar-refractivity contribution < 1.29 is 23.8 Å². The monoisotopic (exact) mass is 420 g/mol. The van der Waals surface area contributed by atoms with Crippen LogP contribution in [0.2, 0.25) is 0 Å². The summed E-state index contributed by atoms with van der Waals surface area (Å²) >= 11 is 0. The highest BCUT2D eigenvalue weighted by molar-refractivity contribution is 5.96. The van der Waals surface area contributed by atoms with Gasteiger partial charge in [0.15, 0.2) is 0 Å². The Labute approximate surface area is 174 Å². The molecule has 8 heteroatoms. The van der Waals surface area contributed by atoms with Crippen molar-refractivity contribution in [1.82, 2.24) is 9.13 Å². The Morgan fingerprint density at radius 1 is 1.10 bits per heavy atom. The maximum atomic E-state index is 15.1. The van der Waals surface area contributed by atoms with Crippen LogP contribution in [0.1, 0.15) is 39.6 Å². The van der Waals surface area contributed by atoms with Crippen molar-refractivity contribution in [2.75, 3.05) is 7.11 Å². The Bertz CT molecular complexity index is 1460. The van der Waals surface area contributed by atoms with Crippen molar-refractivity contribution in [1.29, 1.82) is 0 Å². The third kappa shape index (κ3) is 3.07. The average Bonchev–Trinajstić information content (AvgIpc) is 3.51. The average molecular weight is 420 g/mol. The summed E-state index contributed by atoms with van der Waals surface area (Å²) in [5.41, 5.74) is 0.0245. The number of benzene rings is 2. The van der Waals surface area contributed by atoms with E-state index in [0.717, 1.165) is 29.7 Å². The molecule has 1 fully saturated rings. The van der Waals surface area contributed by atoms with Crippen LogP contribution in [0.25, 0.3) is 27.4 Å². The zero-order valence-electron chi connectivity index (χ0n) is 16.5. The molecule has 1 N–H and O–H groups in total. The number of hydrogen-bond donors (Lipinski definition) is 1. The van der Waals surface area contributed by atoms with Crippen LogP contribution < -0.4 is 5.43 Å². The van der Waals surface area contributed by atoms with E-state index in [2.05, 4.69) is 0 Å². The molecule has 0 amide bonds. The molecular formula is C23H17FN2O5. The number of fused-ring (bicyclic) bond motifs is 2. The highest BCUT2D eigenvalue weighted by atomic mass is 19.1. The summed E-state index contributed by atoms with van der Waals surface area (Å²) in [6.45, 7) is 0. The topological polar surface area (TPSA) is 90.5 Å². The number of methoxy groups -OCH3 is 1. The van der Waals surface area contributed by atoms with Gasteiger partial charge in [0.25, 0.3) is 0 Å². The number of carboxylic acids is 1. The van der Waals surface area contributed by atoms with Crippen LogP contribution in [0.4, 0.5) is 4.39 Å². The first-order chi connectivity index (χ1) is 14.9. The van der Waals surface area contributed by atoms with Crippen LogP contribution in [0.3, 0.4) is 0 Å². The maximum Gasteiger partial charge on any atom is 0.341 e. The van der Waals surface area contributed by atoms with Crippen molar-refractivity contribution >= 4 is 33.6 Å². The van der Waals surface area contributed by atoms with Gasteiger partial charge in [0, 0.05) is 35.4 Å². The van der Waals surface area contributed by atoms with Crippen LogP contribution in [-0.2, 0) is 4.74 Å². The number of pyridine rings is 1. The number of ether oxygens (including phenoxy) is 1. The third-order valence-corrected chi connectivity index (χ3v) is 5.61. The molecule has 0 bridgehead atoms. The quantitative estimate of drug-likeness (QED) is 0.506. The van der Waals surface area contributed by atoms with Crippen LogP contribution in [-0.4, -0.2) is 33.3 Å². The molecule has 1 aliphatic rings. The fourth-order valence-electron chi connectivity index (χ4n) is 3.89. The van der Waals surface area contributed by atoms with E-state index in [1.807, 2.05) is 0 Å². The van der Waals surface area contributed by atoms with Crippen LogP contribution in [0.5, 0.6) is 0 Å². The molecule has 0 saturated heterocycles. The van der Waals surface area contributed by atoms with E-state index in [-0.39, 0.29) is 22.7 Å². The van der Waals surface area contributed by atoms with Crippen molar-refractivity contribution in [2.45, 2.75) is 18.9 Å². The van der Waals surface area contributed by atoms with Gasteiger partial charge < -0.3 is 19.0 Å². The maximum absolute atomic E-state index is 15.1. The fourth-order valence-corrected chi connectivity index (χ4v) is 3.89. The van der Waals surface area contributed by atoms with E-state index in [0.29, 0.717) is 11.1 Å². The smallest absolute Gasteiger partial charge is 0.341 e. The number of aromatic nitrogens is 2. The van der Waals surface area contributed by atoms with Crippen LogP contribution in [0.15, 0.2) is 53.7 Å². The number of carbonyl (C=O) groups is 2. The SMILES string of the molecule is COC(=O)c1ccc2cn(-c3cc4c(cc3F)c(=O)c(C(=O)O)cn4C3CC3)cc2c1. The number of nitrogens with zero attached hydrogens (tertiary/aromatic N) is 2. The van der Waals surface area contributed by atoms with Crippen LogP contribution in [0, 0.1) is 5.82 Å². The predicted octanol–water partition coefficient (Wildman–Crippen LogP) is 3.90. The fraction of sp³-hybridized carbons (Fsp3) is 0.174. The number of halogens is 1. The Morgan fingerprint density at radius 2 is 1.84 bits per heavy atom. The van der Waals surface area contributed by atoms with Crippen LogP contribution >= 0.6 is 0 Å². The van der Waals surface area contributed by atoms with E-state index in [4.69, 9.17) is 4.74 Å². The molecule has 1 saturated carbocycles. The first-order valence-corrected chi connectivity index (χ1v) is 9.69. The van der Waals surface area contributed by atoms with E-state index >= 15 is 4.39 Å². The second-order valence-corrected chi connectivity index (χ2v) is 7.64. The van der Waals surface area contributed by atoms with Gasteiger partial charge in [-0.2, -0.15) is 0 Å². The van der Waals surface area contributed by atoms with Crippen molar-refractivity contribution in [2.24, 2.45) is 0 Å². The van der Waals surface area contributed by atoms with Gasteiger partial charge in [-0.3, -0.25) is 4.79 Å². The molecule has 0 unspecified atom stereocenters. The first kappa shape index (κ1) is 19.0. The lowest BCUT2D eigenvalue weighted by Gasteiger charge is -2.14. The van der Waals surface area contributed by atoms with E-state index in [1.165, 1.54) is 13.3 Å². The van der Waals surface area contributed by atoms with Gasteiger partial charge >= 0.3 is 11.9 Å². The summed E-state index contributed by atoms with van der Waals surface area (Å²) in [5, 5.41) is 10.9. The molecule has 0 aliphatic heterocycles. The summed E-state index contributed by atoms with van der Waals surface area (Å²) < 4.78 is 23.2. The van der Waals surface area contributed by atoms with Gasteiger partial charge in [-0.15, -0.1) is 0 Å². The van der Waals surface area contributed by atoms with Gasteiger partial charge in [-0.1, -0.05) is 6.07 Å². The molecule has 2 aromatic carbocycles. The van der Waals surface area contributed by atoms with Gasteiger partial charge in [0.05, 0.1) is 23.9 Å². The molecule has 156 valence electrons. The second-order valence-electron chi connectivity index (χ2n) is 7.64. The van der Waals surface area contributed by atoms with E-state index < -0.39 is 23.2 Å². The molecular weight excluding hydrogens is 403 g/mol. The van der Waals surface area contributed by atoms with Crippen molar-refractivity contribution in [3.63, 3.8) is 0 Å². The Hall–Kier alpha value is -3.94. The normalized spacial score (nSPS) is 13.6. The Morgan fingerprint density at radius 3 is 2.52 bits per heavy atom. The molecule has 2 heterocycles. The lowest BCUT2D eigenvalue weighted by Crippen LogP contribution is -2.19. The van der Waals surface area contributed by atoms with Gasteiger partial charge in [-0.25, -0.2) is 14.0 Å². The summed E-state index contributed by atoms with van der Waals surface area (Å²) in [6.07, 6.45) is 6.51. The minimum atomic E-state index is -1.33. The minimum absolute atomic E-state index is 0.0396. The highest BCUT2D eigenvalue weighted by Gasteiger charge is 2.27. The molecule has 0 radical (unpaired) electrons. The molecule has 0 atom stereocenters. The summed E-state index contributed by atoms with van der Waals surface area (Å²) in [4.78, 5) is 35.9. The van der Waals surface area contributed by atoms with E-state index in [9.17, 15) is 19.5 Å². The number of esters is 1. The predicted molar refractivity (Wildman–Crippen MR) is 112 cm³/mol. The Kier molecular flexibility index (Phi) is 4.18. The zero-order chi connectivity index (χ0) is 21.9. The molecule has 2 aromatic heterocycles. The number of carboxylic acid groups (broad SMARTS) is 1. The third-order valence-electron chi connectivity index (χ3n) is 5.61. The molecule has 31 heavy (non-hydrogen) atoms. The van der Waals surface area contributed by atoms with E-state index in [1.54, 1.807) is 45.8 Å². The van der Waals surface area contributed by atoms with Gasteiger partial charge in [-0.05, 0) is 42.5 Å². The molecule has 7 nitrogen and oxygen atoms in total. The lowest BCUT2D eigenvalue weighted by molar-refractivity contribution is 0.0600. The molecule has 1 aliphatic carbocycles. The molecule has 4 aromatic rings. The van der Waals surface area contributed by atoms with Crippen molar-refractivity contribution in [3.05, 3.63) is 76.1 Å². The zero-order valence-corrected chi connectivity index (χ0v) is 16.5. The number of aromatic carboxylic acids is 1. The van der Waals surface area contributed by atoms with Gasteiger partial charge in [0.1, 0.15) is 11.4 Å².